The average molecular weight is 386 g/mol. The highest BCUT2D eigenvalue weighted by atomic mass is 16.5. The van der Waals surface area contributed by atoms with Crippen molar-refractivity contribution in [2.75, 3.05) is 13.2 Å². The molecule has 0 aromatic carbocycles. The van der Waals surface area contributed by atoms with Crippen molar-refractivity contribution in [3.05, 3.63) is 0 Å². The fraction of sp³-hybridized carbons (Fsp3) is 0.769. The van der Waals surface area contributed by atoms with Crippen LogP contribution in [0.25, 0.3) is 0 Å². The Hall–Kier alpha value is -1.87. The van der Waals surface area contributed by atoms with Gasteiger partial charge >= 0.3 is 17.9 Å². The number of hydrogen-bond acceptors (Lipinski definition) is 11. The Bertz CT molecular complexity index is 494. The van der Waals surface area contributed by atoms with Gasteiger partial charge in [-0.25, -0.2) is 4.79 Å². The number of rotatable bonds is 12. The zero-order valence-corrected chi connectivity index (χ0v) is 13.4. The molecule has 0 bridgehead atoms. The summed E-state index contributed by atoms with van der Waals surface area (Å²) in [5, 5.41) is 82.8. The van der Waals surface area contributed by atoms with Gasteiger partial charge in [0.25, 0.3) is 0 Å². The number of aliphatic hydroxyl groups is 7. The predicted octanol–water partition coefficient (Wildman–Crippen LogP) is -4.99. The van der Waals surface area contributed by atoms with Crippen LogP contribution in [0.1, 0.15) is 12.8 Å². The van der Waals surface area contributed by atoms with Gasteiger partial charge in [-0.2, -0.15) is 0 Å². The van der Waals surface area contributed by atoms with Crippen LogP contribution in [0.5, 0.6) is 0 Å². The summed E-state index contributed by atoms with van der Waals surface area (Å²) in [6.07, 6.45) is -12.7. The number of ether oxygens (including phenoxy) is 1. The lowest BCUT2D eigenvalue weighted by Gasteiger charge is -2.28. The van der Waals surface area contributed by atoms with E-state index in [1.165, 1.54) is 0 Å². The van der Waals surface area contributed by atoms with E-state index in [-0.39, 0.29) is 0 Å². The van der Waals surface area contributed by atoms with Crippen LogP contribution < -0.4 is 0 Å². The molecule has 0 heterocycles. The Balaban J connectivity index is 4.69. The normalized spacial score (nSPS) is 19.5. The van der Waals surface area contributed by atoms with E-state index in [4.69, 9.17) is 20.4 Å². The lowest BCUT2D eigenvalue weighted by atomic mass is 9.96. The van der Waals surface area contributed by atoms with Crippen molar-refractivity contribution in [2.45, 2.75) is 49.0 Å². The summed E-state index contributed by atoms with van der Waals surface area (Å²) in [4.78, 5) is 32.9. The first-order valence-electron chi connectivity index (χ1n) is 7.20. The van der Waals surface area contributed by atoms with E-state index in [1.807, 2.05) is 0 Å². The highest BCUT2D eigenvalue weighted by Gasteiger charge is 2.42. The van der Waals surface area contributed by atoms with Crippen LogP contribution in [0.3, 0.4) is 0 Å². The highest BCUT2D eigenvalue weighted by Crippen LogP contribution is 2.17. The number of carboxylic acids is 2. The maximum atomic E-state index is 11.5. The van der Waals surface area contributed by atoms with Crippen molar-refractivity contribution in [1.82, 2.24) is 0 Å². The summed E-state index contributed by atoms with van der Waals surface area (Å²) in [7, 11) is 0. The van der Waals surface area contributed by atoms with E-state index in [0.29, 0.717) is 0 Å². The molecule has 0 fully saturated rings. The molecule has 6 atom stereocenters. The average Bonchev–Trinajstić information content (AvgIpc) is 2.55. The fourth-order valence-corrected chi connectivity index (χ4v) is 1.80. The monoisotopic (exact) mass is 386 g/mol. The molecule has 13 nitrogen and oxygen atoms in total. The smallest absolute Gasteiger partial charge is 0.336 e. The van der Waals surface area contributed by atoms with Gasteiger partial charge in [-0.1, -0.05) is 0 Å². The molecule has 0 radical (unpaired) electrons. The van der Waals surface area contributed by atoms with Gasteiger partial charge in [0.15, 0.2) is 5.60 Å². The second-order valence-corrected chi connectivity index (χ2v) is 5.56. The van der Waals surface area contributed by atoms with Crippen molar-refractivity contribution in [2.24, 2.45) is 0 Å². The van der Waals surface area contributed by atoms with Gasteiger partial charge in [-0.15, -0.1) is 0 Å². The molecule has 13 heteroatoms. The second-order valence-electron chi connectivity index (χ2n) is 5.56. The van der Waals surface area contributed by atoms with Crippen LogP contribution in [-0.4, -0.2) is 113 Å². The van der Waals surface area contributed by atoms with E-state index < -0.39 is 80.1 Å². The summed E-state index contributed by atoms with van der Waals surface area (Å²) in [5.41, 5.74) is -2.95. The Morgan fingerprint density at radius 3 is 1.77 bits per heavy atom. The predicted molar refractivity (Wildman–Crippen MR) is 77.5 cm³/mol. The van der Waals surface area contributed by atoms with Gasteiger partial charge in [0.05, 0.1) is 19.4 Å². The Morgan fingerprint density at radius 2 is 1.35 bits per heavy atom. The van der Waals surface area contributed by atoms with Crippen molar-refractivity contribution in [1.29, 1.82) is 0 Å². The fourth-order valence-electron chi connectivity index (χ4n) is 1.80. The van der Waals surface area contributed by atoms with Gasteiger partial charge in [0, 0.05) is 0 Å². The summed E-state index contributed by atoms with van der Waals surface area (Å²) in [6, 6.07) is 0. The van der Waals surface area contributed by atoms with Crippen LogP contribution in [0, 0.1) is 0 Å². The lowest BCUT2D eigenvalue weighted by Crippen LogP contribution is -2.51. The number of esters is 1. The van der Waals surface area contributed by atoms with Gasteiger partial charge in [0.2, 0.25) is 0 Å². The molecule has 0 rings (SSSR count). The first kappa shape index (κ1) is 24.1. The minimum Gasteiger partial charge on any atom is -0.481 e. The van der Waals surface area contributed by atoms with Crippen molar-refractivity contribution >= 4 is 17.9 Å². The van der Waals surface area contributed by atoms with Crippen molar-refractivity contribution < 1.29 is 65.1 Å². The number of carbonyl (C=O) groups excluding carboxylic acids is 1. The Labute approximate surface area is 146 Å². The maximum Gasteiger partial charge on any atom is 0.336 e. The van der Waals surface area contributed by atoms with Gasteiger partial charge in [-0.3, -0.25) is 9.59 Å². The quantitative estimate of drug-likeness (QED) is 0.143. The molecule has 0 saturated carbocycles. The number of aliphatic hydroxyl groups excluding tert-OH is 6. The number of hydrogen-bond donors (Lipinski definition) is 9. The number of carboxylic acid groups (broad SMARTS) is 2. The van der Waals surface area contributed by atoms with Crippen molar-refractivity contribution in [3.63, 3.8) is 0 Å². The molecular formula is C13H22O13. The van der Waals surface area contributed by atoms with E-state index in [0.717, 1.165) is 0 Å². The third kappa shape index (κ3) is 7.17. The zero-order valence-electron chi connectivity index (χ0n) is 13.4. The SMILES string of the molecule is O=C(O)CC(O)(CC(=O)OCC(O)C(O)C(O)C(O)C(O)CO)C(=O)O. The van der Waals surface area contributed by atoms with E-state index >= 15 is 0 Å². The molecule has 0 aromatic rings. The molecule has 0 aliphatic rings. The molecule has 152 valence electrons. The lowest BCUT2D eigenvalue weighted by molar-refractivity contribution is -0.175. The summed E-state index contributed by atoms with van der Waals surface area (Å²) >= 11 is 0. The largest absolute Gasteiger partial charge is 0.481 e. The van der Waals surface area contributed by atoms with E-state index in [1.54, 1.807) is 0 Å². The Morgan fingerprint density at radius 1 is 0.846 bits per heavy atom. The molecule has 0 amide bonds. The third-order valence-electron chi connectivity index (χ3n) is 3.37. The molecule has 0 aromatic heterocycles. The van der Waals surface area contributed by atoms with E-state index in [9.17, 15) is 39.9 Å². The molecule has 0 spiro atoms. The van der Waals surface area contributed by atoms with Crippen LogP contribution in [-0.2, 0) is 19.1 Å². The minimum atomic E-state index is -2.95. The highest BCUT2D eigenvalue weighted by molar-refractivity contribution is 5.88. The topological polar surface area (TPSA) is 243 Å². The van der Waals surface area contributed by atoms with Crippen LogP contribution in [0.2, 0.25) is 0 Å². The molecule has 6 unspecified atom stereocenters. The maximum absolute atomic E-state index is 11.5. The summed E-state index contributed by atoms with van der Waals surface area (Å²) < 4.78 is 4.40. The van der Waals surface area contributed by atoms with Gasteiger partial charge < -0.3 is 50.7 Å². The van der Waals surface area contributed by atoms with Gasteiger partial charge in [0.1, 0.15) is 37.1 Å². The zero-order chi connectivity index (χ0) is 20.7. The van der Waals surface area contributed by atoms with Gasteiger partial charge in [-0.05, 0) is 0 Å². The van der Waals surface area contributed by atoms with Crippen LogP contribution in [0.4, 0.5) is 0 Å². The minimum absolute atomic E-state index is 0.951. The first-order chi connectivity index (χ1) is 11.9. The number of aliphatic carboxylic acids is 2. The molecule has 0 aliphatic carbocycles. The molecule has 9 N–H and O–H groups in total. The number of carbonyl (C=O) groups is 3. The van der Waals surface area contributed by atoms with Crippen molar-refractivity contribution in [3.8, 4) is 0 Å². The third-order valence-corrected chi connectivity index (χ3v) is 3.37. The molecule has 0 aliphatic heterocycles. The molecule has 0 saturated heterocycles. The standard InChI is InChI=1S/C13H22O13/c14-3-5(15)9(20)11(22)10(21)6(16)4-26-8(19)2-13(25,12(23)24)1-7(17)18/h5-6,9-11,14-16,20-22,25H,1-4H2,(H,17,18)(H,23,24). The summed E-state index contributed by atoms with van der Waals surface area (Å²) in [5.74, 6) is -5.11. The Kier molecular flexibility index (Phi) is 9.58. The molecular weight excluding hydrogens is 364 g/mol. The van der Waals surface area contributed by atoms with E-state index in [2.05, 4.69) is 4.74 Å². The second kappa shape index (κ2) is 10.3. The molecule has 26 heavy (non-hydrogen) atoms. The van der Waals surface area contributed by atoms with Crippen LogP contribution in [0.15, 0.2) is 0 Å². The summed E-state index contributed by atoms with van der Waals surface area (Å²) in [6.45, 7) is -1.96. The first-order valence-corrected chi connectivity index (χ1v) is 7.20. The van der Waals surface area contributed by atoms with Crippen LogP contribution >= 0.6 is 0 Å².